The van der Waals surface area contributed by atoms with Gasteiger partial charge in [0.25, 0.3) is 0 Å². The van der Waals surface area contributed by atoms with Crippen molar-refractivity contribution in [3.63, 3.8) is 0 Å². The Morgan fingerprint density at radius 1 is 1.41 bits per heavy atom. The van der Waals surface area contributed by atoms with Crippen LogP contribution in [0, 0.1) is 12.8 Å². The van der Waals surface area contributed by atoms with Gasteiger partial charge in [-0.15, -0.1) is 0 Å². The van der Waals surface area contributed by atoms with Gasteiger partial charge in [-0.3, -0.25) is 0 Å². The molecular weight excluding hydrogens is 212 g/mol. The summed E-state index contributed by atoms with van der Waals surface area (Å²) < 4.78 is 1.85. The topological polar surface area (TPSA) is 42.2 Å². The Kier molecular flexibility index (Phi) is 3.43. The lowest BCUT2D eigenvalue weighted by Gasteiger charge is -2.16. The van der Waals surface area contributed by atoms with Gasteiger partial charge in [-0.1, -0.05) is 13.8 Å². The molecule has 17 heavy (non-hydrogen) atoms. The van der Waals surface area contributed by atoms with Crippen molar-refractivity contribution < 1.29 is 0 Å². The summed E-state index contributed by atoms with van der Waals surface area (Å²) in [5.74, 6) is 1.82. The Morgan fingerprint density at radius 3 is 2.82 bits per heavy atom. The van der Waals surface area contributed by atoms with Crippen LogP contribution in [0.5, 0.6) is 0 Å². The van der Waals surface area contributed by atoms with Gasteiger partial charge in [0.05, 0.1) is 0 Å². The third kappa shape index (κ3) is 2.47. The van der Waals surface area contributed by atoms with Crippen molar-refractivity contribution in [1.29, 1.82) is 0 Å². The average Bonchev–Trinajstić information content (AvgIpc) is 2.67. The quantitative estimate of drug-likeness (QED) is 0.876. The first-order valence-corrected chi connectivity index (χ1v) is 6.09. The van der Waals surface area contributed by atoms with Crippen molar-refractivity contribution in [3.8, 4) is 0 Å². The molecule has 4 nitrogen and oxygen atoms in total. The number of nitrogens with zero attached hydrogens (tertiary/aromatic N) is 3. The van der Waals surface area contributed by atoms with Gasteiger partial charge in [-0.05, 0) is 37.6 Å². The Balaban J connectivity index is 2.40. The number of aromatic nitrogens is 3. The van der Waals surface area contributed by atoms with Gasteiger partial charge in [0.15, 0.2) is 11.5 Å². The number of rotatable bonds is 4. The predicted molar refractivity (Wildman–Crippen MR) is 69.2 cm³/mol. The molecular formula is C13H20N4. The summed E-state index contributed by atoms with van der Waals surface area (Å²) in [6, 6.07) is 4.11. The maximum Gasteiger partial charge on any atom is 0.156 e. The second-order valence-electron chi connectivity index (χ2n) is 4.89. The molecule has 4 heteroatoms. The minimum absolute atomic E-state index is 0.361. The minimum Gasteiger partial charge on any atom is -0.319 e. The van der Waals surface area contributed by atoms with E-state index in [-0.39, 0.29) is 0 Å². The fourth-order valence-corrected chi connectivity index (χ4v) is 2.00. The lowest BCUT2D eigenvalue weighted by Crippen LogP contribution is -2.22. The number of likely N-dealkylation sites (N-methyl/N-ethyl adjacent to an activating group) is 1. The molecule has 0 fully saturated rings. The number of hydrogen-bond donors (Lipinski definition) is 1. The number of nitrogens with one attached hydrogen (secondary N) is 1. The third-order valence-electron chi connectivity index (χ3n) is 3.07. The fraction of sp³-hybridized carbons (Fsp3) is 0.538. The highest BCUT2D eigenvalue weighted by molar-refractivity contribution is 5.40. The van der Waals surface area contributed by atoms with Crippen LogP contribution in [0.1, 0.15) is 31.2 Å². The van der Waals surface area contributed by atoms with Crippen LogP contribution in [0.25, 0.3) is 5.65 Å². The molecule has 0 radical (unpaired) electrons. The number of pyridine rings is 1. The van der Waals surface area contributed by atoms with Crippen LogP contribution in [0.3, 0.4) is 0 Å². The monoisotopic (exact) mass is 232 g/mol. The normalized spacial score (nSPS) is 13.5. The molecule has 0 spiro atoms. The van der Waals surface area contributed by atoms with E-state index in [2.05, 4.69) is 42.2 Å². The molecule has 0 saturated heterocycles. The van der Waals surface area contributed by atoms with E-state index in [0.29, 0.717) is 11.8 Å². The maximum absolute atomic E-state index is 4.63. The fourth-order valence-electron chi connectivity index (χ4n) is 2.00. The zero-order valence-electron chi connectivity index (χ0n) is 10.9. The number of fused-ring (bicyclic) bond motifs is 1. The molecule has 2 heterocycles. The predicted octanol–water partition coefficient (Wildman–Crippen LogP) is 2.00. The van der Waals surface area contributed by atoms with Gasteiger partial charge in [0.1, 0.15) is 0 Å². The Morgan fingerprint density at radius 2 is 2.18 bits per heavy atom. The molecule has 0 aromatic carbocycles. The Hall–Kier alpha value is -1.42. The molecule has 2 aromatic rings. The molecule has 0 saturated carbocycles. The standard InChI is InChI=1S/C13H20N4/c1-9(2)11(8-14-4)13-15-12-7-10(3)5-6-17(12)16-13/h5-7,9,11,14H,8H2,1-4H3. The van der Waals surface area contributed by atoms with Gasteiger partial charge in [-0.2, -0.15) is 5.10 Å². The molecule has 1 N–H and O–H groups in total. The summed E-state index contributed by atoms with van der Waals surface area (Å²) in [6.45, 7) is 7.40. The molecule has 0 amide bonds. The van der Waals surface area contributed by atoms with Gasteiger partial charge in [-0.25, -0.2) is 9.50 Å². The first-order chi connectivity index (χ1) is 8.11. The summed E-state index contributed by atoms with van der Waals surface area (Å²) in [5, 5.41) is 7.77. The Bertz CT molecular complexity index is 501. The van der Waals surface area contributed by atoms with Crippen LogP contribution in [-0.2, 0) is 0 Å². The van der Waals surface area contributed by atoms with E-state index < -0.39 is 0 Å². The van der Waals surface area contributed by atoms with E-state index in [1.165, 1.54) is 5.56 Å². The van der Waals surface area contributed by atoms with E-state index in [0.717, 1.165) is 18.0 Å². The minimum atomic E-state index is 0.361. The number of aryl methyl sites for hydroxylation is 1. The van der Waals surface area contributed by atoms with Crippen LogP contribution in [0.4, 0.5) is 0 Å². The molecule has 0 aliphatic carbocycles. The van der Waals surface area contributed by atoms with Crippen molar-refractivity contribution in [2.45, 2.75) is 26.7 Å². The second-order valence-corrected chi connectivity index (χ2v) is 4.89. The van der Waals surface area contributed by atoms with E-state index in [1.54, 1.807) is 0 Å². The maximum atomic E-state index is 4.63. The molecule has 1 atom stereocenters. The van der Waals surface area contributed by atoms with E-state index in [1.807, 2.05) is 23.8 Å². The van der Waals surface area contributed by atoms with Gasteiger partial charge in [0, 0.05) is 18.7 Å². The molecule has 2 rings (SSSR count). The highest BCUT2D eigenvalue weighted by atomic mass is 15.3. The van der Waals surface area contributed by atoms with Crippen molar-refractivity contribution in [3.05, 3.63) is 29.7 Å². The highest BCUT2D eigenvalue weighted by Gasteiger charge is 2.19. The zero-order valence-corrected chi connectivity index (χ0v) is 10.9. The third-order valence-corrected chi connectivity index (χ3v) is 3.07. The lowest BCUT2D eigenvalue weighted by atomic mass is 9.95. The molecule has 0 bridgehead atoms. The molecule has 1 unspecified atom stereocenters. The van der Waals surface area contributed by atoms with Crippen LogP contribution in [0.15, 0.2) is 18.3 Å². The van der Waals surface area contributed by atoms with Crippen molar-refractivity contribution in [2.75, 3.05) is 13.6 Å². The van der Waals surface area contributed by atoms with Crippen molar-refractivity contribution in [1.82, 2.24) is 19.9 Å². The number of hydrogen-bond acceptors (Lipinski definition) is 3. The first-order valence-electron chi connectivity index (χ1n) is 6.09. The van der Waals surface area contributed by atoms with E-state index >= 15 is 0 Å². The van der Waals surface area contributed by atoms with E-state index in [9.17, 15) is 0 Å². The van der Waals surface area contributed by atoms with Crippen LogP contribution < -0.4 is 5.32 Å². The first kappa shape index (κ1) is 12.0. The molecule has 2 aromatic heterocycles. The summed E-state index contributed by atoms with van der Waals surface area (Å²) in [6.07, 6.45) is 1.97. The summed E-state index contributed by atoms with van der Waals surface area (Å²) >= 11 is 0. The summed E-state index contributed by atoms with van der Waals surface area (Å²) in [7, 11) is 1.97. The van der Waals surface area contributed by atoms with Crippen LogP contribution in [0.2, 0.25) is 0 Å². The Labute approximate surface area is 102 Å². The summed E-state index contributed by atoms with van der Waals surface area (Å²) in [4.78, 5) is 4.63. The smallest absolute Gasteiger partial charge is 0.156 e. The van der Waals surface area contributed by atoms with Gasteiger partial charge < -0.3 is 5.32 Å². The SMILES string of the molecule is CNCC(c1nc2cc(C)ccn2n1)C(C)C. The van der Waals surface area contributed by atoms with Crippen LogP contribution >= 0.6 is 0 Å². The second kappa shape index (κ2) is 4.84. The van der Waals surface area contributed by atoms with Crippen molar-refractivity contribution in [2.24, 2.45) is 5.92 Å². The zero-order chi connectivity index (χ0) is 12.4. The highest BCUT2D eigenvalue weighted by Crippen LogP contribution is 2.21. The van der Waals surface area contributed by atoms with E-state index in [4.69, 9.17) is 0 Å². The van der Waals surface area contributed by atoms with Gasteiger partial charge >= 0.3 is 0 Å². The molecule has 0 aliphatic rings. The van der Waals surface area contributed by atoms with Crippen molar-refractivity contribution >= 4 is 5.65 Å². The molecule has 92 valence electrons. The van der Waals surface area contributed by atoms with Gasteiger partial charge in [0.2, 0.25) is 0 Å². The lowest BCUT2D eigenvalue weighted by molar-refractivity contribution is 0.458. The summed E-state index contributed by atoms with van der Waals surface area (Å²) in [5.41, 5.74) is 2.15. The molecule has 0 aliphatic heterocycles. The average molecular weight is 232 g/mol. The van der Waals surface area contributed by atoms with Crippen LogP contribution in [-0.4, -0.2) is 28.2 Å². The largest absolute Gasteiger partial charge is 0.319 e.